The number of aliphatic hydroxyl groups excluding tert-OH is 1. The number of carboxylic acid groups (broad SMARTS) is 1. The van der Waals surface area contributed by atoms with Crippen LogP contribution in [0, 0.1) is 5.92 Å². The Balaban J connectivity index is 2.27. The Morgan fingerprint density at radius 3 is 2.73 bits per heavy atom. The van der Waals surface area contributed by atoms with Crippen molar-refractivity contribution < 1.29 is 19.8 Å². The van der Waals surface area contributed by atoms with Gasteiger partial charge in [0.25, 0.3) is 0 Å². The van der Waals surface area contributed by atoms with Crippen molar-refractivity contribution in [1.82, 2.24) is 10.2 Å². The number of carbonyl (C=O) groups excluding carboxylic acids is 1. The van der Waals surface area contributed by atoms with E-state index in [4.69, 9.17) is 5.11 Å². The first-order valence-corrected chi connectivity index (χ1v) is 4.94. The van der Waals surface area contributed by atoms with Gasteiger partial charge >= 0.3 is 12.0 Å². The van der Waals surface area contributed by atoms with Gasteiger partial charge in [0.15, 0.2) is 0 Å². The molecule has 0 aromatic rings. The minimum absolute atomic E-state index is 0.112. The van der Waals surface area contributed by atoms with Crippen LogP contribution in [0.2, 0.25) is 0 Å². The molecule has 1 heterocycles. The number of nitrogens with one attached hydrogen (secondary N) is 1. The lowest BCUT2D eigenvalue weighted by atomic mass is 10.2. The zero-order chi connectivity index (χ0) is 11.4. The smallest absolute Gasteiger partial charge is 0.317 e. The molecule has 1 saturated heterocycles. The number of rotatable bonds is 3. The van der Waals surface area contributed by atoms with Crippen LogP contribution in [0.15, 0.2) is 0 Å². The van der Waals surface area contributed by atoms with E-state index in [-0.39, 0.29) is 12.6 Å². The first-order valence-electron chi connectivity index (χ1n) is 4.94. The Hall–Kier alpha value is -1.30. The van der Waals surface area contributed by atoms with Gasteiger partial charge in [-0.2, -0.15) is 0 Å². The van der Waals surface area contributed by atoms with Gasteiger partial charge in [-0.15, -0.1) is 0 Å². The minimum Gasteiger partial charge on any atom is -0.481 e. The molecule has 0 radical (unpaired) electrons. The first-order chi connectivity index (χ1) is 7.00. The van der Waals surface area contributed by atoms with E-state index in [0.29, 0.717) is 19.5 Å². The highest BCUT2D eigenvalue weighted by Crippen LogP contribution is 2.08. The predicted octanol–water partition coefficient (Wildman–Crippen LogP) is -0.517. The predicted molar refractivity (Wildman–Crippen MR) is 52.4 cm³/mol. The second-order valence-electron chi connectivity index (χ2n) is 3.81. The van der Waals surface area contributed by atoms with Crippen molar-refractivity contribution in [3.05, 3.63) is 0 Å². The molecular formula is C9H16N2O4. The number of aliphatic carboxylic acids is 1. The number of carbonyl (C=O) groups is 2. The van der Waals surface area contributed by atoms with Crippen molar-refractivity contribution in [3.63, 3.8) is 0 Å². The Kier molecular flexibility index (Phi) is 3.90. The van der Waals surface area contributed by atoms with Gasteiger partial charge in [0.2, 0.25) is 0 Å². The van der Waals surface area contributed by atoms with Gasteiger partial charge in [-0.3, -0.25) is 4.79 Å². The largest absolute Gasteiger partial charge is 0.481 e. The molecule has 0 aromatic carbocycles. The monoisotopic (exact) mass is 216 g/mol. The molecule has 6 nitrogen and oxygen atoms in total. The average Bonchev–Trinajstić information content (AvgIpc) is 2.60. The maximum absolute atomic E-state index is 11.4. The lowest BCUT2D eigenvalue weighted by Gasteiger charge is -2.17. The highest BCUT2D eigenvalue weighted by atomic mass is 16.4. The van der Waals surface area contributed by atoms with Crippen molar-refractivity contribution in [1.29, 1.82) is 0 Å². The van der Waals surface area contributed by atoms with Gasteiger partial charge in [0.1, 0.15) is 0 Å². The van der Waals surface area contributed by atoms with E-state index in [2.05, 4.69) is 5.32 Å². The zero-order valence-corrected chi connectivity index (χ0v) is 8.64. The number of nitrogens with zero attached hydrogens (tertiary/aromatic N) is 1. The third kappa shape index (κ3) is 3.39. The number of urea groups is 1. The molecular weight excluding hydrogens is 200 g/mol. The maximum Gasteiger partial charge on any atom is 0.317 e. The second kappa shape index (κ2) is 4.97. The molecule has 2 unspecified atom stereocenters. The Morgan fingerprint density at radius 1 is 1.60 bits per heavy atom. The summed E-state index contributed by atoms with van der Waals surface area (Å²) in [5.41, 5.74) is 0. The summed E-state index contributed by atoms with van der Waals surface area (Å²) in [6.45, 7) is 2.49. The SMILES string of the molecule is CC(CNC(=O)N1CCC(O)C1)C(=O)O. The van der Waals surface area contributed by atoms with E-state index < -0.39 is 18.0 Å². The molecule has 3 N–H and O–H groups in total. The van der Waals surface area contributed by atoms with Crippen LogP contribution in [0.4, 0.5) is 4.79 Å². The summed E-state index contributed by atoms with van der Waals surface area (Å²) in [6.07, 6.45) is 0.134. The quantitative estimate of drug-likeness (QED) is 0.592. The van der Waals surface area contributed by atoms with Crippen molar-refractivity contribution in [2.75, 3.05) is 19.6 Å². The van der Waals surface area contributed by atoms with Crippen LogP contribution in [0.1, 0.15) is 13.3 Å². The fourth-order valence-corrected chi connectivity index (χ4v) is 1.37. The summed E-state index contributed by atoms with van der Waals surface area (Å²) in [5, 5.41) is 20.3. The Labute approximate surface area is 87.9 Å². The van der Waals surface area contributed by atoms with Crippen molar-refractivity contribution >= 4 is 12.0 Å². The highest BCUT2D eigenvalue weighted by Gasteiger charge is 2.24. The number of aliphatic hydroxyl groups is 1. The standard InChI is InChI=1S/C9H16N2O4/c1-6(8(13)14)4-10-9(15)11-3-2-7(12)5-11/h6-7,12H,2-5H2,1H3,(H,10,15)(H,13,14). The average molecular weight is 216 g/mol. The van der Waals surface area contributed by atoms with Gasteiger partial charge in [-0.1, -0.05) is 6.92 Å². The molecule has 0 aromatic heterocycles. The van der Waals surface area contributed by atoms with Crippen LogP contribution in [0.5, 0.6) is 0 Å². The van der Waals surface area contributed by atoms with Gasteiger partial charge in [0, 0.05) is 19.6 Å². The van der Waals surface area contributed by atoms with Crippen LogP contribution < -0.4 is 5.32 Å². The third-order valence-corrected chi connectivity index (χ3v) is 2.43. The molecule has 0 saturated carbocycles. The number of carboxylic acids is 1. The topological polar surface area (TPSA) is 89.9 Å². The van der Waals surface area contributed by atoms with E-state index in [1.54, 1.807) is 0 Å². The van der Waals surface area contributed by atoms with Gasteiger partial charge in [0.05, 0.1) is 12.0 Å². The van der Waals surface area contributed by atoms with Crippen LogP contribution in [-0.2, 0) is 4.79 Å². The van der Waals surface area contributed by atoms with Crippen molar-refractivity contribution in [3.8, 4) is 0 Å². The molecule has 86 valence electrons. The van der Waals surface area contributed by atoms with Crippen LogP contribution in [-0.4, -0.2) is 52.9 Å². The fraction of sp³-hybridized carbons (Fsp3) is 0.778. The van der Waals surface area contributed by atoms with E-state index >= 15 is 0 Å². The lowest BCUT2D eigenvalue weighted by molar-refractivity contribution is -0.140. The Morgan fingerprint density at radius 2 is 2.27 bits per heavy atom. The summed E-state index contributed by atoms with van der Waals surface area (Å²) in [4.78, 5) is 23.4. The van der Waals surface area contributed by atoms with Crippen molar-refractivity contribution in [2.45, 2.75) is 19.4 Å². The van der Waals surface area contributed by atoms with E-state index in [1.807, 2.05) is 0 Å². The highest BCUT2D eigenvalue weighted by molar-refractivity contribution is 5.76. The normalized spacial score (nSPS) is 22.5. The van der Waals surface area contributed by atoms with E-state index in [0.717, 1.165) is 0 Å². The molecule has 1 fully saturated rings. The lowest BCUT2D eigenvalue weighted by Crippen LogP contribution is -2.41. The maximum atomic E-state index is 11.4. The van der Waals surface area contributed by atoms with E-state index in [1.165, 1.54) is 11.8 Å². The van der Waals surface area contributed by atoms with Crippen LogP contribution >= 0.6 is 0 Å². The molecule has 6 heteroatoms. The number of hydrogen-bond donors (Lipinski definition) is 3. The molecule has 0 bridgehead atoms. The summed E-state index contributed by atoms with van der Waals surface area (Å²) < 4.78 is 0. The first kappa shape index (κ1) is 11.8. The van der Waals surface area contributed by atoms with E-state index in [9.17, 15) is 14.7 Å². The molecule has 1 aliphatic heterocycles. The minimum atomic E-state index is -0.934. The summed E-state index contributed by atoms with van der Waals surface area (Å²) in [6, 6.07) is -0.306. The fourth-order valence-electron chi connectivity index (χ4n) is 1.37. The molecule has 2 amide bonds. The number of amides is 2. The number of hydrogen-bond acceptors (Lipinski definition) is 3. The molecule has 1 rings (SSSR count). The van der Waals surface area contributed by atoms with Gasteiger partial charge in [-0.05, 0) is 6.42 Å². The molecule has 2 atom stereocenters. The molecule has 1 aliphatic rings. The van der Waals surface area contributed by atoms with Gasteiger partial charge < -0.3 is 20.4 Å². The zero-order valence-electron chi connectivity index (χ0n) is 8.64. The molecule has 0 spiro atoms. The van der Waals surface area contributed by atoms with Crippen LogP contribution in [0.3, 0.4) is 0 Å². The number of likely N-dealkylation sites (tertiary alicyclic amines) is 1. The summed E-state index contributed by atoms with van der Waals surface area (Å²) in [7, 11) is 0. The summed E-state index contributed by atoms with van der Waals surface area (Å²) >= 11 is 0. The molecule has 0 aliphatic carbocycles. The van der Waals surface area contributed by atoms with Crippen molar-refractivity contribution in [2.24, 2.45) is 5.92 Å². The number of β-amino-alcohol motifs (C(OH)–C–C–N with tert-alkyl or cyclic N) is 1. The van der Waals surface area contributed by atoms with Crippen LogP contribution in [0.25, 0.3) is 0 Å². The summed E-state index contributed by atoms with van der Waals surface area (Å²) in [5.74, 6) is -1.53. The van der Waals surface area contributed by atoms with Gasteiger partial charge in [-0.25, -0.2) is 4.79 Å². The third-order valence-electron chi connectivity index (χ3n) is 2.43. The second-order valence-corrected chi connectivity index (χ2v) is 3.81. The Bertz CT molecular complexity index is 256. The molecule has 15 heavy (non-hydrogen) atoms.